The zero-order valence-electron chi connectivity index (χ0n) is 16.0. The Labute approximate surface area is 176 Å². The van der Waals surface area contributed by atoms with Crippen LogP contribution < -0.4 is 14.8 Å². The van der Waals surface area contributed by atoms with Gasteiger partial charge < -0.3 is 19.9 Å². The van der Waals surface area contributed by atoms with Crippen molar-refractivity contribution in [1.29, 1.82) is 0 Å². The molecule has 4 nitrogen and oxygen atoms in total. The molecule has 28 heavy (non-hydrogen) atoms. The highest BCUT2D eigenvalue weighted by molar-refractivity contribution is 7.09. The lowest BCUT2D eigenvalue weighted by Gasteiger charge is -2.21. The summed E-state index contributed by atoms with van der Waals surface area (Å²) in [5, 5.41) is 15.9. The number of methoxy groups -OCH3 is 1. The first kappa shape index (κ1) is 22.2. The summed E-state index contributed by atoms with van der Waals surface area (Å²) in [7, 11) is 1.65. The second-order valence-electron chi connectivity index (χ2n) is 6.38. The Morgan fingerprint density at radius 3 is 2.50 bits per heavy atom. The number of halogens is 1. The van der Waals surface area contributed by atoms with Crippen LogP contribution in [-0.4, -0.2) is 18.3 Å². The van der Waals surface area contributed by atoms with Gasteiger partial charge in [-0.1, -0.05) is 42.5 Å². The number of rotatable bonds is 9. The SMILES string of the molecule is COc1cc(CNC(C)C(O)c2ccccc2)ccc1OCc1cccs1.Cl. The number of aliphatic hydroxyl groups is 1. The average Bonchev–Trinajstić information content (AvgIpc) is 3.24. The number of aliphatic hydroxyl groups excluding tert-OH is 1. The van der Waals surface area contributed by atoms with Crippen molar-refractivity contribution in [3.05, 3.63) is 82.0 Å². The largest absolute Gasteiger partial charge is 0.493 e. The van der Waals surface area contributed by atoms with Gasteiger partial charge in [0.05, 0.1) is 13.2 Å². The summed E-state index contributed by atoms with van der Waals surface area (Å²) in [6.45, 7) is 3.14. The number of hydrogen-bond donors (Lipinski definition) is 2. The molecule has 0 saturated heterocycles. The summed E-state index contributed by atoms with van der Waals surface area (Å²) in [6, 6.07) is 19.6. The molecule has 0 saturated carbocycles. The molecule has 2 atom stereocenters. The minimum Gasteiger partial charge on any atom is -0.493 e. The van der Waals surface area contributed by atoms with Gasteiger partial charge in [-0.2, -0.15) is 0 Å². The van der Waals surface area contributed by atoms with Gasteiger partial charge in [-0.3, -0.25) is 0 Å². The van der Waals surface area contributed by atoms with E-state index in [4.69, 9.17) is 9.47 Å². The van der Waals surface area contributed by atoms with Gasteiger partial charge in [0.25, 0.3) is 0 Å². The molecule has 6 heteroatoms. The molecule has 3 aromatic rings. The number of hydrogen-bond acceptors (Lipinski definition) is 5. The Hall–Kier alpha value is -2.05. The third-order valence-electron chi connectivity index (χ3n) is 4.42. The molecule has 1 heterocycles. The van der Waals surface area contributed by atoms with E-state index >= 15 is 0 Å². The van der Waals surface area contributed by atoms with E-state index in [1.165, 1.54) is 4.88 Å². The third kappa shape index (κ3) is 5.97. The van der Waals surface area contributed by atoms with Crippen LogP contribution in [0.15, 0.2) is 66.0 Å². The van der Waals surface area contributed by atoms with E-state index in [1.54, 1.807) is 18.4 Å². The summed E-state index contributed by atoms with van der Waals surface area (Å²) in [5.74, 6) is 1.44. The molecule has 0 aliphatic carbocycles. The summed E-state index contributed by atoms with van der Waals surface area (Å²) in [4.78, 5) is 1.17. The van der Waals surface area contributed by atoms with Crippen LogP contribution in [0.1, 0.15) is 29.0 Å². The highest BCUT2D eigenvalue weighted by atomic mass is 35.5. The highest BCUT2D eigenvalue weighted by Crippen LogP contribution is 2.29. The summed E-state index contributed by atoms with van der Waals surface area (Å²) in [6.07, 6.45) is -0.554. The molecule has 0 bridgehead atoms. The van der Waals surface area contributed by atoms with Crippen LogP contribution in [0.25, 0.3) is 0 Å². The second kappa shape index (κ2) is 11.1. The summed E-state index contributed by atoms with van der Waals surface area (Å²) in [5.41, 5.74) is 1.98. The van der Waals surface area contributed by atoms with Gasteiger partial charge in [-0.05, 0) is 41.6 Å². The summed E-state index contributed by atoms with van der Waals surface area (Å²) < 4.78 is 11.4. The van der Waals surface area contributed by atoms with Gasteiger partial charge in [-0.25, -0.2) is 0 Å². The van der Waals surface area contributed by atoms with E-state index < -0.39 is 6.10 Å². The van der Waals surface area contributed by atoms with Crippen molar-refractivity contribution in [3.63, 3.8) is 0 Å². The van der Waals surface area contributed by atoms with Crippen LogP contribution in [0.5, 0.6) is 11.5 Å². The number of benzene rings is 2. The maximum atomic E-state index is 10.5. The smallest absolute Gasteiger partial charge is 0.161 e. The van der Waals surface area contributed by atoms with Crippen LogP contribution in [0.3, 0.4) is 0 Å². The average molecular weight is 420 g/mol. The minimum atomic E-state index is -0.554. The third-order valence-corrected chi connectivity index (χ3v) is 5.27. The fraction of sp³-hybridized carbons (Fsp3) is 0.273. The number of ether oxygens (including phenoxy) is 2. The quantitative estimate of drug-likeness (QED) is 0.514. The van der Waals surface area contributed by atoms with Gasteiger partial charge in [0.15, 0.2) is 11.5 Å². The van der Waals surface area contributed by atoms with E-state index in [-0.39, 0.29) is 18.4 Å². The van der Waals surface area contributed by atoms with Crippen molar-refractivity contribution in [1.82, 2.24) is 5.32 Å². The topological polar surface area (TPSA) is 50.7 Å². The fourth-order valence-corrected chi connectivity index (χ4v) is 3.43. The molecule has 0 aliphatic heterocycles. The minimum absolute atomic E-state index is 0. The van der Waals surface area contributed by atoms with E-state index in [2.05, 4.69) is 11.4 Å². The summed E-state index contributed by atoms with van der Waals surface area (Å²) >= 11 is 1.67. The van der Waals surface area contributed by atoms with E-state index in [1.807, 2.05) is 66.9 Å². The number of thiophene rings is 1. The van der Waals surface area contributed by atoms with Gasteiger partial charge in [0.1, 0.15) is 6.61 Å². The van der Waals surface area contributed by atoms with Gasteiger partial charge in [0.2, 0.25) is 0 Å². The van der Waals surface area contributed by atoms with Crippen molar-refractivity contribution < 1.29 is 14.6 Å². The second-order valence-corrected chi connectivity index (χ2v) is 7.41. The molecular weight excluding hydrogens is 394 g/mol. The number of nitrogens with one attached hydrogen (secondary N) is 1. The standard InChI is InChI=1S/C22H25NO3S.ClH/c1-16(22(24)18-7-4-3-5-8-18)23-14-17-10-11-20(21(13-17)25-2)26-15-19-9-6-12-27-19;/h3-13,16,22-24H,14-15H2,1-2H3;1H. The van der Waals surface area contributed by atoms with Crippen LogP contribution in [0.2, 0.25) is 0 Å². The van der Waals surface area contributed by atoms with E-state index in [0.717, 1.165) is 16.9 Å². The van der Waals surface area contributed by atoms with Crippen LogP contribution >= 0.6 is 23.7 Å². The molecule has 2 aromatic carbocycles. The van der Waals surface area contributed by atoms with Gasteiger partial charge >= 0.3 is 0 Å². The van der Waals surface area contributed by atoms with Crippen LogP contribution in [-0.2, 0) is 13.2 Å². The Bertz CT molecular complexity index is 827. The first-order valence-electron chi connectivity index (χ1n) is 8.96. The Morgan fingerprint density at radius 2 is 1.82 bits per heavy atom. The lowest BCUT2D eigenvalue weighted by Crippen LogP contribution is -2.31. The molecule has 1 aromatic heterocycles. The maximum absolute atomic E-state index is 10.5. The Kier molecular flexibility index (Phi) is 8.80. The van der Waals surface area contributed by atoms with Crippen molar-refractivity contribution >= 4 is 23.7 Å². The zero-order chi connectivity index (χ0) is 19.1. The van der Waals surface area contributed by atoms with Crippen LogP contribution in [0.4, 0.5) is 0 Å². The van der Waals surface area contributed by atoms with E-state index in [0.29, 0.717) is 18.9 Å². The molecule has 3 rings (SSSR count). The monoisotopic (exact) mass is 419 g/mol. The maximum Gasteiger partial charge on any atom is 0.161 e. The molecule has 0 radical (unpaired) electrons. The molecule has 2 N–H and O–H groups in total. The molecule has 0 fully saturated rings. The lowest BCUT2D eigenvalue weighted by atomic mass is 10.0. The normalized spacial score (nSPS) is 12.7. The molecular formula is C22H26ClNO3S. The molecule has 0 aliphatic rings. The Morgan fingerprint density at radius 1 is 1.04 bits per heavy atom. The van der Waals surface area contributed by atoms with Gasteiger partial charge in [0, 0.05) is 17.5 Å². The molecule has 0 spiro atoms. The predicted molar refractivity (Wildman–Crippen MR) is 117 cm³/mol. The first-order chi connectivity index (χ1) is 13.2. The van der Waals surface area contributed by atoms with Crippen molar-refractivity contribution in [2.45, 2.75) is 32.2 Å². The van der Waals surface area contributed by atoms with Crippen molar-refractivity contribution in [3.8, 4) is 11.5 Å². The predicted octanol–water partition coefficient (Wildman–Crippen LogP) is 4.97. The zero-order valence-corrected chi connectivity index (χ0v) is 17.6. The lowest BCUT2D eigenvalue weighted by molar-refractivity contribution is 0.135. The van der Waals surface area contributed by atoms with Gasteiger partial charge in [-0.15, -0.1) is 23.7 Å². The molecule has 150 valence electrons. The van der Waals surface area contributed by atoms with E-state index in [9.17, 15) is 5.11 Å². The fourth-order valence-electron chi connectivity index (χ4n) is 2.81. The van der Waals surface area contributed by atoms with Crippen LogP contribution in [0, 0.1) is 0 Å². The van der Waals surface area contributed by atoms with Crippen molar-refractivity contribution in [2.75, 3.05) is 7.11 Å². The Balaban J connectivity index is 0.00000280. The molecule has 2 unspecified atom stereocenters. The van der Waals surface area contributed by atoms with Crippen molar-refractivity contribution in [2.24, 2.45) is 0 Å². The highest BCUT2D eigenvalue weighted by Gasteiger charge is 2.16. The molecule has 0 amide bonds. The first-order valence-corrected chi connectivity index (χ1v) is 9.84.